The van der Waals surface area contributed by atoms with Crippen LogP contribution >= 0.6 is 11.3 Å². The molecular formula is C14H18N4O2S. The smallest absolute Gasteiger partial charge is 0.240 e. The van der Waals surface area contributed by atoms with Gasteiger partial charge in [-0.3, -0.25) is 4.79 Å². The highest BCUT2D eigenvalue weighted by Gasteiger charge is 2.37. The highest BCUT2D eigenvalue weighted by atomic mass is 32.1. The summed E-state index contributed by atoms with van der Waals surface area (Å²) in [6, 6.07) is -0.517. The van der Waals surface area contributed by atoms with Crippen LogP contribution in [0.25, 0.3) is 10.2 Å². The maximum atomic E-state index is 11.7. The molecule has 1 aliphatic rings. The fourth-order valence-corrected chi connectivity index (χ4v) is 3.93. The molecule has 112 valence electrons. The second-order valence-electron chi connectivity index (χ2n) is 5.52. The average molecular weight is 306 g/mol. The molecule has 1 fully saturated rings. The van der Waals surface area contributed by atoms with Crippen molar-refractivity contribution < 1.29 is 9.90 Å². The zero-order chi connectivity index (χ0) is 15.3. The van der Waals surface area contributed by atoms with Crippen molar-refractivity contribution in [2.75, 3.05) is 11.4 Å². The average Bonchev–Trinajstić information content (AvgIpc) is 2.91. The van der Waals surface area contributed by atoms with Crippen LogP contribution in [0, 0.1) is 20.8 Å². The van der Waals surface area contributed by atoms with Gasteiger partial charge in [0, 0.05) is 17.8 Å². The van der Waals surface area contributed by atoms with Crippen LogP contribution in [0.5, 0.6) is 0 Å². The molecule has 1 aliphatic heterocycles. The molecule has 7 heteroatoms. The van der Waals surface area contributed by atoms with E-state index in [-0.39, 0.29) is 0 Å². The van der Waals surface area contributed by atoms with Gasteiger partial charge in [-0.25, -0.2) is 9.97 Å². The summed E-state index contributed by atoms with van der Waals surface area (Å²) in [7, 11) is 0. The molecule has 1 amide bonds. The first kappa shape index (κ1) is 14.2. The molecule has 2 aromatic rings. The second-order valence-corrected chi connectivity index (χ2v) is 6.72. The van der Waals surface area contributed by atoms with Crippen molar-refractivity contribution in [3.63, 3.8) is 0 Å². The van der Waals surface area contributed by atoms with Gasteiger partial charge in [0.1, 0.15) is 22.5 Å². The number of hydrogen-bond donors (Lipinski definition) is 2. The van der Waals surface area contributed by atoms with Crippen molar-refractivity contribution >= 4 is 33.3 Å². The van der Waals surface area contributed by atoms with Crippen molar-refractivity contribution in [2.45, 2.75) is 39.3 Å². The van der Waals surface area contributed by atoms with E-state index in [0.29, 0.717) is 24.6 Å². The Labute approximate surface area is 126 Å². The van der Waals surface area contributed by atoms with Crippen molar-refractivity contribution in [3.8, 4) is 0 Å². The maximum absolute atomic E-state index is 11.7. The lowest BCUT2D eigenvalue weighted by Crippen LogP contribution is -2.41. The highest BCUT2D eigenvalue weighted by Crippen LogP contribution is 2.37. The first-order valence-electron chi connectivity index (χ1n) is 6.87. The van der Waals surface area contributed by atoms with E-state index >= 15 is 0 Å². The summed E-state index contributed by atoms with van der Waals surface area (Å²) in [6.07, 6.45) is -0.213. The van der Waals surface area contributed by atoms with Crippen molar-refractivity contribution in [3.05, 3.63) is 16.3 Å². The highest BCUT2D eigenvalue weighted by molar-refractivity contribution is 7.18. The number of primary amides is 1. The Morgan fingerprint density at radius 1 is 1.38 bits per heavy atom. The summed E-state index contributed by atoms with van der Waals surface area (Å²) in [4.78, 5) is 24.6. The third-order valence-electron chi connectivity index (χ3n) is 4.00. The van der Waals surface area contributed by atoms with E-state index in [1.807, 2.05) is 25.7 Å². The van der Waals surface area contributed by atoms with Crippen LogP contribution in [0.3, 0.4) is 0 Å². The number of nitrogens with zero attached hydrogens (tertiary/aromatic N) is 3. The van der Waals surface area contributed by atoms with E-state index < -0.39 is 18.1 Å². The fourth-order valence-electron chi connectivity index (χ4n) is 2.86. The van der Waals surface area contributed by atoms with Gasteiger partial charge in [-0.1, -0.05) is 0 Å². The van der Waals surface area contributed by atoms with Gasteiger partial charge in [-0.05, 0) is 26.3 Å². The van der Waals surface area contributed by atoms with Gasteiger partial charge in [-0.2, -0.15) is 0 Å². The van der Waals surface area contributed by atoms with Crippen LogP contribution < -0.4 is 10.6 Å². The molecule has 0 radical (unpaired) electrons. The summed E-state index contributed by atoms with van der Waals surface area (Å²) in [5.74, 6) is 0.934. The van der Waals surface area contributed by atoms with E-state index in [9.17, 15) is 9.90 Å². The molecule has 0 aliphatic carbocycles. The molecule has 2 aromatic heterocycles. The largest absolute Gasteiger partial charge is 0.391 e. The van der Waals surface area contributed by atoms with Crippen LogP contribution in [-0.2, 0) is 4.79 Å². The molecular weight excluding hydrogens is 288 g/mol. The summed E-state index contributed by atoms with van der Waals surface area (Å²) in [5, 5.41) is 10.9. The SMILES string of the molecule is Cc1nc(N2C[C@H](O)C[C@H]2C(N)=O)c2c(C)c(C)sc2n1. The zero-order valence-electron chi connectivity index (χ0n) is 12.3. The van der Waals surface area contributed by atoms with Gasteiger partial charge < -0.3 is 15.7 Å². The van der Waals surface area contributed by atoms with Gasteiger partial charge in [-0.15, -0.1) is 11.3 Å². The Balaban J connectivity index is 2.21. The monoisotopic (exact) mass is 306 g/mol. The van der Waals surface area contributed by atoms with E-state index in [1.165, 1.54) is 4.88 Å². The molecule has 3 rings (SSSR count). The number of amides is 1. The maximum Gasteiger partial charge on any atom is 0.240 e. The number of aliphatic hydroxyl groups is 1. The van der Waals surface area contributed by atoms with Gasteiger partial charge >= 0.3 is 0 Å². The minimum absolute atomic E-state index is 0.349. The quantitative estimate of drug-likeness (QED) is 0.865. The number of thiophene rings is 1. The number of nitrogens with two attached hydrogens (primary N) is 1. The number of fused-ring (bicyclic) bond motifs is 1. The van der Waals surface area contributed by atoms with Crippen LogP contribution in [0.15, 0.2) is 0 Å². The topological polar surface area (TPSA) is 92.3 Å². The number of rotatable bonds is 2. The first-order valence-corrected chi connectivity index (χ1v) is 7.68. The predicted molar refractivity (Wildman–Crippen MR) is 82.6 cm³/mol. The molecule has 0 spiro atoms. The van der Waals surface area contributed by atoms with E-state index in [0.717, 1.165) is 15.8 Å². The molecule has 6 nitrogen and oxygen atoms in total. The summed E-state index contributed by atoms with van der Waals surface area (Å²) >= 11 is 1.62. The lowest BCUT2D eigenvalue weighted by molar-refractivity contribution is -0.119. The van der Waals surface area contributed by atoms with E-state index in [4.69, 9.17) is 5.73 Å². The number of anilines is 1. The number of aromatic nitrogens is 2. The first-order chi connectivity index (χ1) is 9.88. The Bertz CT molecular complexity index is 727. The predicted octanol–water partition coefficient (Wildman–Crippen LogP) is 1.04. The minimum Gasteiger partial charge on any atom is -0.391 e. The van der Waals surface area contributed by atoms with E-state index in [2.05, 4.69) is 9.97 Å². The van der Waals surface area contributed by atoms with Gasteiger partial charge in [0.15, 0.2) is 0 Å². The summed E-state index contributed by atoms with van der Waals surface area (Å²) in [6.45, 7) is 6.28. The van der Waals surface area contributed by atoms with Crippen LogP contribution in [0.4, 0.5) is 5.82 Å². The summed E-state index contributed by atoms with van der Waals surface area (Å²) < 4.78 is 0. The molecule has 21 heavy (non-hydrogen) atoms. The van der Waals surface area contributed by atoms with Crippen LogP contribution in [0.1, 0.15) is 22.7 Å². The second kappa shape index (κ2) is 4.92. The number of carbonyl (C=O) groups excluding carboxylic acids is 1. The molecule has 3 N–H and O–H groups in total. The molecule has 0 aromatic carbocycles. The van der Waals surface area contributed by atoms with Crippen molar-refractivity contribution in [1.29, 1.82) is 0 Å². The van der Waals surface area contributed by atoms with Gasteiger partial charge in [0.05, 0.1) is 11.5 Å². The van der Waals surface area contributed by atoms with Crippen molar-refractivity contribution in [2.24, 2.45) is 5.73 Å². The van der Waals surface area contributed by atoms with E-state index in [1.54, 1.807) is 11.3 Å². The van der Waals surface area contributed by atoms with Gasteiger partial charge in [0.25, 0.3) is 0 Å². The standard InChI is InChI=1S/C14H18N4O2S/c1-6-7(2)21-14-11(6)13(16-8(3)17-14)18-5-9(19)4-10(18)12(15)20/h9-10,19H,4-5H2,1-3H3,(H2,15,20)/t9-,10+/m1/s1. The molecule has 0 saturated carbocycles. The summed E-state index contributed by atoms with van der Waals surface area (Å²) in [5.41, 5.74) is 6.60. The number of aryl methyl sites for hydroxylation is 3. The third-order valence-corrected chi connectivity index (χ3v) is 5.10. The number of β-amino-alcohol motifs (C(OH)–C–C–N with tert-alkyl or cyclic N) is 1. The molecule has 2 atom stereocenters. The fraction of sp³-hybridized carbons (Fsp3) is 0.500. The lowest BCUT2D eigenvalue weighted by Gasteiger charge is -2.24. The molecule has 3 heterocycles. The number of carbonyl (C=O) groups is 1. The Kier molecular flexibility index (Phi) is 3.33. The van der Waals surface area contributed by atoms with Crippen LogP contribution in [-0.4, -0.2) is 39.7 Å². The van der Waals surface area contributed by atoms with Crippen molar-refractivity contribution in [1.82, 2.24) is 9.97 Å². The molecule has 0 bridgehead atoms. The number of aliphatic hydroxyl groups excluding tert-OH is 1. The Hall–Kier alpha value is -1.73. The third kappa shape index (κ3) is 2.26. The zero-order valence-corrected chi connectivity index (χ0v) is 13.1. The Morgan fingerprint density at radius 3 is 2.76 bits per heavy atom. The Morgan fingerprint density at radius 2 is 2.10 bits per heavy atom. The molecule has 0 unspecified atom stereocenters. The molecule has 1 saturated heterocycles. The lowest BCUT2D eigenvalue weighted by atomic mass is 10.1. The van der Waals surface area contributed by atoms with Gasteiger partial charge in [0.2, 0.25) is 5.91 Å². The number of hydrogen-bond acceptors (Lipinski definition) is 6. The normalized spacial score (nSPS) is 22.2. The van der Waals surface area contributed by atoms with Crippen LogP contribution in [0.2, 0.25) is 0 Å². The minimum atomic E-state index is -0.562.